The molecule has 2 atom stereocenters. The molecule has 0 heterocycles. The summed E-state index contributed by atoms with van der Waals surface area (Å²) < 4.78 is 0. The van der Waals surface area contributed by atoms with E-state index >= 15 is 0 Å². The second-order valence-corrected chi connectivity index (χ2v) is 6.23. The van der Waals surface area contributed by atoms with E-state index in [1.807, 2.05) is 17.8 Å². The first-order valence-corrected chi connectivity index (χ1v) is 7.83. The van der Waals surface area contributed by atoms with Gasteiger partial charge in [0.2, 0.25) is 0 Å². The van der Waals surface area contributed by atoms with E-state index in [2.05, 4.69) is 39.1 Å². The zero-order valence-electron chi connectivity index (χ0n) is 11.9. The molecule has 0 aliphatic heterocycles. The van der Waals surface area contributed by atoms with Crippen molar-refractivity contribution >= 4 is 11.8 Å². The van der Waals surface area contributed by atoms with Gasteiger partial charge in [-0.25, -0.2) is 0 Å². The Labute approximate surface area is 115 Å². The van der Waals surface area contributed by atoms with E-state index in [0.717, 1.165) is 12.0 Å². The predicted molar refractivity (Wildman–Crippen MR) is 81.5 cm³/mol. The zero-order chi connectivity index (χ0) is 13.5. The average molecular weight is 267 g/mol. The number of aromatic hydroxyl groups is 1. The summed E-state index contributed by atoms with van der Waals surface area (Å²) in [4.78, 5) is 0. The van der Waals surface area contributed by atoms with Gasteiger partial charge in [0.05, 0.1) is 0 Å². The molecule has 2 N–H and O–H groups in total. The Morgan fingerprint density at radius 3 is 2.72 bits per heavy atom. The first-order valence-electron chi connectivity index (χ1n) is 6.68. The van der Waals surface area contributed by atoms with Crippen molar-refractivity contribution in [2.45, 2.75) is 46.2 Å². The lowest BCUT2D eigenvalue weighted by Crippen LogP contribution is -2.29. The maximum atomic E-state index is 9.89. The van der Waals surface area contributed by atoms with E-state index in [9.17, 15) is 5.11 Å². The van der Waals surface area contributed by atoms with Gasteiger partial charge in [-0.1, -0.05) is 24.6 Å². The standard InChI is InChI=1S/C15H25NOS/c1-5-18-9-8-12(3)16-13(4)14-10-11(2)6-7-15(14)17/h6-7,10,12-13,16-17H,5,8-9H2,1-4H3. The second kappa shape index (κ2) is 7.70. The number of benzene rings is 1. The predicted octanol–water partition coefficient (Wildman–Crippen LogP) is 3.88. The number of nitrogens with one attached hydrogen (secondary N) is 1. The van der Waals surface area contributed by atoms with Crippen LogP contribution in [-0.2, 0) is 0 Å². The summed E-state index contributed by atoms with van der Waals surface area (Å²) in [6, 6.07) is 6.43. The fourth-order valence-electron chi connectivity index (χ4n) is 2.03. The van der Waals surface area contributed by atoms with Gasteiger partial charge in [0, 0.05) is 17.6 Å². The van der Waals surface area contributed by atoms with Crippen LogP contribution in [-0.4, -0.2) is 22.7 Å². The molecular weight excluding hydrogens is 242 g/mol. The summed E-state index contributed by atoms with van der Waals surface area (Å²) in [5.41, 5.74) is 2.18. The Kier molecular flexibility index (Phi) is 6.58. The van der Waals surface area contributed by atoms with Crippen LogP contribution in [0.25, 0.3) is 0 Å². The van der Waals surface area contributed by atoms with E-state index in [0.29, 0.717) is 11.8 Å². The van der Waals surface area contributed by atoms with E-state index in [1.165, 1.54) is 17.1 Å². The molecule has 0 aromatic heterocycles. The molecular formula is C15H25NOS. The summed E-state index contributed by atoms with van der Waals surface area (Å²) >= 11 is 1.98. The highest BCUT2D eigenvalue weighted by Crippen LogP contribution is 2.25. The van der Waals surface area contributed by atoms with E-state index in [1.54, 1.807) is 6.07 Å². The molecule has 0 bridgehead atoms. The first-order chi connectivity index (χ1) is 8.54. The number of rotatable bonds is 7. The van der Waals surface area contributed by atoms with Crippen molar-refractivity contribution in [3.05, 3.63) is 29.3 Å². The molecule has 0 amide bonds. The van der Waals surface area contributed by atoms with Crippen LogP contribution < -0.4 is 5.32 Å². The summed E-state index contributed by atoms with van der Waals surface area (Å²) in [5.74, 6) is 2.76. The monoisotopic (exact) mass is 267 g/mol. The lowest BCUT2D eigenvalue weighted by molar-refractivity contribution is 0.431. The summed E-state index contributed by atoms with van der Waals surface area (Å²) in [6.45, 7) is 8.56. The molecule has 1 aromatic rings. The summed E-state index contributed by atoms with van der Waals surface area (Å²) in [5, 5.41) is 13.4. The van der Waals surface area contributed by atoms with Crippen molar-refractivity contribution in [2.75, 3.05) is 11.5 Å². The molecule has 18 heavy (non-hydrogen) atoms. The van der Waals surface area contributed by atoms with Gasteiger partial charge in [-0.2, -0.15) is 11.8 Å². The van der Waals surface area contributed by atoms with Gasteiger partial charge in [0.15, 0.2) is 0 Å². The molecule has 0 spiro atoms. The quantitative estimate of drug-likeness (QED) is 0.735. The van der Waals surface area contributed by atoms with Crippen LogP contribution in [0, 0.1) is 6.92 Å². The number of hydrogen-bond donors (Lipinski definition) is 2. The first kappa shape index (κ1) is 15.4. The molecule has 0 saturated heterocycles. The highest BCUT2D eigenvalue weighted by atomic mass is 32.2. The van der Waals surface area contributed by atoms with Crippen molar-refractivity contribution in [3.8, 4) is 5.75 Å². The van der Waals surface area contributed by atoms with Crippen LogP contribution in [0.3, 0.4) is 0 Å². The van der Waals surface area contributed by atoms with Crippen molar-refractivity contribution in [1.82, 2.24) is 5.32 Å². The van der Waals surface area contributed by atoms with Crippen molar-refractivity contribution in [2.24, 2.45) is 0 Å². The molecule has 3 heteroatoms. The Morgan fingerprint density at radius 1 is 1.33 bits per heavy atom. The van der Waals surface area contributed by atoms with Gasteiger partial charge in [0.1, 0.15) is 5.75 Å². The Balaban J connectivity index is 2.53. The van der Waals surface area contributed by atoms with Crippen LogP contribution in [0.1, 0.15) is 44.4 Å². The number of phenolic OH excluding ortho intramolecular Hbond substituents is 1. The van der Waals surface area contributed by atoms with Gasteiger partial charge in [-0.05, 0) is 44.8 Å². The molecule has 0 fully saturated rings. The molecule has 0 aliphatic carbocycles. The van der Waals surface area contributed by atoms with Crippen molar-refractivity contribution < 1.29 is 5.11 Å². The van der Waals surface area contributed by atoms with Crippen molar-refractivity contribution in [1.29, 1.82) is 0 Å². The van der Waals surface area contributed by atoms with Gasteiger partial charge in [0.25, 0.3) is 0 Å². The van der Waals surface area contributed by atoms with Crippen LogP contribution in [0.4, 0.5) is 0 Å². The highest BCUT2D eigenvalue weighted by Gasteiger charge is 2.12. The van der Waals surface area contributed by atoms with Gasteiger partial charge in [-0.3, -0.25) is 0 Å². The largest absolute Gasteiger partial charge is 0.508 e. The second-order valence-electron chi connectivity index (χ2n) is 4.84. The molecule has 0 saturated carbocycles. The van der Waals surface area contributed by atoms with E-state index in [-0.39, 0.29) is 6.04 Å². The molecule has 2 unspecified atom stereocenters. The van der Waals surface area contributed by atoms with Gasteiger partial charge in [-0.15, -0.1) is 0 Å². The number of phenols is 1. The molecule has 1 rings (SSSR count). The Hall–Kier alpha value is -0.670. The maximum absolute atomic E-state index is 9.89. The van der Waals surface area contributed by atoms with Crippen LogP contribution in [0.15, 0.2) is 18.2 Å². The van der Waals surface area contributed by atoms with Crippen LogP contribution in [0.2, 0.25) is 0 Å². The van der Waals surface area contributed by atoms with Gasteiger partial charge < -0.3 is 10.4 Å². The Bertz CT molecular complexity index is 368. The smallest absolute Gasteiger partial charge is 0.120 e. The molecule has 1 aromatic carbocycles. The third kappa shape index (κ3) is 4.91. The third-order valence-corrected chi connectivity index (χ3v) is 4.02. The SMILES string of the molecule is CCSCCC(C)NC(C)c1cc(C)ccc1O. The van der Waals surface area contributed by atoms with Crippen LogP contribution >= 0.6 is 11.8 Å². The van der Waals surface area contributed by atoms with Crippen LogP contribution in [0.5, 0.6) is 5.75 Å². The fraction of sp³-hybridized carbons (Fsp3) is 0.600. The minimum absolute atomic E-state index is 0.187. The lowest BCUT2D eigenvalue weighted by Gasteiger charge is -2.21. The average Bonchev–Trinajstić information content (AvgIpc) is 2.32. The third-order valence-electron chi connectivity index (χ3n) is 3.08. The minimum atomic E-state index is 0.187. The minimum Gasteiger partial charge on any atom is -0.508 e. The normalized spacial score (nSPS) is 14.4. The molecule has 0 radical (unpaired) electrons. The summed E-state index contributed by atoms with van der Waals surface area (Å²) in [7, 11) is 0. The van der Waals surface area contributed by atoms with Crippen molar-refractivity contribution in [3.63, 3.8) is 0 Å². The molecule has 2 nitrogen and oxygen atoms in total. The topological polar surface area (TPSA) is 32.3 Å². The highest BCUT2D eigenvalue weighted by molar-refractivity contribution is 7.99. The number of thioether (sulfide) groups is 1. The van der Waals surface area contributed by atoms with E-state index in [4.69, 9.17) is 0 Å². The zero-order valence-corrected chi connectivity index (χ0v) is 12.7. The summed E-state index contributed by atoms with van der Waals surface area (Å²) in [6.07, 6.45) is 1.16. The maximum Gasteiger partial charge on any atom is 0.120 e. The van der Waals surface area contributed by atoms with Gasteiger partial charge >= 0.3 is 0 Å². The van der Waals surface area contributed by atoms with E-state index < -0.39 is 0 Å². The number of hydrogen-bond acceptors (Lipinski definition) is 3. The molecule has 0 aliphatic rings. The fourth-order valence-corrected chi connectivity index (χ4v) is 2.83. The Morgan fingerprint density at radius 2 is 2.06 bits per heavy atom. The number of aryl methyl sites for hydroxylation is 1. The molecule has 102 valence electrons. The lowest BCUT2D eigenvalue weighted by atomic mass is 10.0.